The monoisotopic (exact) mass is 224 g/mol. The third-order valence-electron chi connectivity index (χ3n) is 2.33. The molecule has 1 N–H and O–H groups in total. The smallest absolute Gasteiger partial charge is 0.335 e. The number of hydrogen-bond acceptors (Lipinski definition) is 2. The molecule has 0 fully saturated rings. The number of benzene rings is 1. The maximum absolute atomic E-state index is 10.8. The summed E-state index contributed by atoms with van der Waals surface area (Å²) in [6, 6.07) is 3.02. The molecular formula is C10H9ClN2O2. The molecule has 0 aliphatic heterocycles. The first-order valence-electron chi connectivity index (χ1n) is 4.37. The number of carbonyl (C=O) groups is 1. The number of fused-ring (bicyclic) bond motifs is 1. The SMILES string of the molecule is Cc1nn(C)c2cc(C(=O)O)cc(Cl)c12. The average molecular weight is 225 g/mol. The van der Waals surface area contributed by atoms with E-state index in [4.69, 9.17) is 16.7 Å². The second kappa shape index (κ2) is 3.24. The molecule has 15 heavy (non-hydrogen) atoms. The fourth-order valence-corrected chi connectivity index (χ4v) is 2.01. The van der Waals surface area contributed by atoms with Gasteiger partial charge in [-0.3, -0.25) is 4.68 Å². The van der Waals surface area contributed by atoms with Crippen LogP contribution in [0.2, 0.25) is 5.02 Å². The lowest BCUT2D eigenvalue weighted by atomic mass is 10.1. The number of aryl methyl sites for hydroxylation is 2. The van der Waals surface area contributed by atoms with E-state index in [2.05, 4.69) is 5.10 Å². The molecular weight excluding hydrogens is 216 g/mol. The summed E-state index contributed by atoms with van der Waals surface area (Å²) in [7, 11) is 1.76. The Balaban J connectivity index is 2.87. The number of halogens is 1. The van der Waals surface area contributed by atoms with Crippen molar-refractivity contribution in [2.24, 2.45) is 7.05 Å². The lowest BCUT2D eigenvalue weighted by molar-refractivity contribution is 0.0697. The Labute approximate surface area is 91.1 Å². The van der Waals surface area contributed by atoms with Gasteiger partial charge in [0.25, 0.3) is 0 Å². The molecule has 0 atom stereocenters. The van der Waals surface area contributed by atoms with Gasteiger partial charge in [-0.1, -0.05) is 11.6 Å². The summed E-state index contributed by atoms with van der Waals surface area (Å²) in [5, 5.41) is 14.3. The van der Waals surface area contributed by atoms with Gasteiger partial charge < -0.3 is 5.11 Å². The van der Waals surface area contributed by atoms with Gasteiger partial charge in [-0.05, 0) is 19.1 Å². The van der Waals surface area contributed by atoms with E-state index in [0.29, 0.717) is 5.02 Å². The Kier molecular flexibility index (Phi) is 2.16. The molecule has 5 heteroatoms. The first kappa shape index (κ1) is 9.98. The van der Waals surface area contributed by atoms with Crippen molar-refractivity contribution in [1.82, 2.24) is 9.78 Å². The molecule has 0 aliphatic carbocycles. The fourth-order valence-electron chi connectivity index (χ4n) is 1.66. The van der Waals surface area contributed by atoms with Crippen LogP contribution >= 0.6 is 11.6 Å². The van der Waals surface area contributed by atoms with Crippen LogP contribution in [0.15, 0.2) is 12.1 Å². The summed E-state index contributed by atoms with van der Waals surface area (Å²) < 4.78 is 1.63. The van der Waals surface area contributed by atoms with Crippen molar-refractivity contribution < 1.29 is 9.90 Å². The number of aromatic carboxylic acids is 1. The van der Waals surface area contributed by atoms with E-state index in [1.54, 1.807) is 17.8 Å². The number of aromatic nitrogens is 2. The second-order valence-electron chi connectivity index (χ2n) is 3.37. The van der Waals surface area contributed by atoms with E-state index < -0.39 is 5.97 Å². The lowest BCUT2D eigenvalue weighted by Crippen LogP contribution is -1.97. The van der Waals surface area contributed by atoms with Crippen molar-refractivity contribution in [1.29, 1.82) is 0 Å². The topological polar surface area (TPSA) is 55.1 Å². The van der Waals surface area contributed by atoms with E-state index in [0.717, 1.165) is 16.6 Å². The molecule has 0 saturated carbocycles. The highest BCUT2D eigenvalue weighted by molar-refractivity contribution is 6.36. The van der Waals surface area contributed by atoms with E-state index in [-0.39, 0.29) is 5.56 Å². The molecule has 0 saturated heterocycles. The minimum atomic E-state index is -0.988. The van der Waals surface area contributed by atoms with Crippen LogP contribution in [0.25, 0.3) is 10.9 Å². The van der Waals surface area contributed by atoms with Crippen molar-refractivity contribution >= 4 is 28.5 Å². The Morgan fingerprint density at radius 2 is 2.20 bits per heavy atom. The van der Waals surface area contributed by atoms with Gasteiger partial charge >= 0.3 is 5.97 Å². The van der Waals surface area contributed by atoms with E-state index in [1.807, 2.05) is 6.92 Å². The van der Waals surface area contributed by atoms with Crippen LogP contribution in [0.3, 0.4) is 0 Å². The lowest BCUT2D eigenvalue weighted by Gasteiger charge is -1.99. The Hall–Kier alpha value is -1.55. The quantitative estimate of drug-likeness (QED) is 0.808. The first-order chi connectivity index (χ1) is 7.00. The summed E-state index contributed by atoms with van der Waals surface area (Å²) >= 11 is 6.01. The van der Waals surface area contributed by atoms with Crippen molar-refractivity contribution in [3.05, 3.63) is 28.4 Å². The van der Waals surface area contributed by atoms with Crippen LogP contribution in [0.1, 0.15) is 16.1 Å². The van der Waals surface area contributed by atoms with Crippen LogP contribution in [-0.2, 0) is 7.05 Å². The zero-order chi connectivity index (χ0) is 11.2. The molecule has 0 radical (unpaired) electrons. The van der Waals surface area contributed by atoms with E-state index >= 15 is 0 Å². The van der Waals surface area contributed by atoms with Gasteiger partial charge in [-0.2, -0.15) is 5.10 Å². The highest BCUT2D eigenvalue weighted by Crippen LogP contribution is 2.27. The van der Waals surface area contributed by atoms with E-state index in [9.17, 15) is 4.79 Å². The van der Waals surface area contributed by atoms with Crippen LogP contribution in [0.5, 0.6) is 0 Å². The number of carboxylic acid groups (broad SMARTS) is 1. The molecule has 1 heterocycles. The summed E-state index contributed by atoms with van der Waals surface area (Å²) in [6.07, 6.45) is 0. The maximum Gasteiger partial charge on any atom is 0.335 e. The first-order valence-corrected chi connectivity index (χ1v) is 4.74. The van der Waals surface area contributed by atoms with Crippen LogP contribution < -0.4 is 0 Å². The van der Waals surface area contributed by atoms with Gasteiger partial charge in [0, 0.05) is 12.4 Å². The molecule has 0 amide bonds. The molecule has 1 aromatic heterocycles. The highest BCUT2D eigenvalue weighted by atomic mass is 35.5. The Bertz CT molecular complexity index is 560. The van der Waals surface area contributed by atoms with Crippen LogP contribution in [-0.4, -0.2) is 20.9 Å². The molecule has 78 valence electrons. The third-order valence-corrected chi connectivity index (χ3v) is 2.62. The zero-order valence-corrected chi connectivity index (χ0v) is 9.04. The van der Waals surface area contributed by atoms with Gasteiger partial charge in [0.2, 0.25) is 0 Å². The minimum absolute atomic E-state index is 0.176. The Morgan fingerprint density at radius 3 is 2.80 bits per heavy atom. The van der Waals surface area contributed by atoms with Crippen LogP contribution in [0.4, 0.5) is 0 Å². The zero-order valence-electron chi connectivity index (χ0n) is 8.28. The molecule has 2 aromatic rings. The van der Waals surface area contributed by atoms with Gasteiger partial charge in [0.1, 0.15) is 0 Å². The largest absolute Gasteiger partial charge is 0.478 e. The van der Waals surface area contributed by atoms with Gasteiger partial charge in [0.15, 0.2) is 0 Å². The molecule has 4 nitrogen and oxygen atoms in total. The van der Waals surface area contributed by atoms with Crippen molar-refractivity contribution in [2.75, 3.05) is 0 Å². The summed E-state index contributed by atoms with van der Waals surface area (Å²) in [5.41, 5.74) is 1.71. The number of nitrogens with zero attached hydrogens (tertiary/aromatic N) is 2. The van der Waals surface area contributed by atoms with Crippen molar-refractivity contribution in [3.63, 3.8) is 0 Å². The average Bonchev–Trinajstić information content (AvgIpc) is 2.42. The Morgan fingerprint density at radius 1 is 1.53 bits per heavy atom. The second-order valence-corrected chi connectivity index (χ2v) is 3.77. The predicted molar refractivity (Wildman–Crippen MR) is 57.4 cm³/mol. The molecule has 2 rings (SSSR count). The number of hydrogen-bond donors (Lipinski definition) is 1. The van der Waals surface area contributed by atoms with Crippen molar-refractivity contribution in [3.8, 4) is 0 Å². The molecule has 0 aliphatic rings. The summed E-state index contributed by atoms with van der Waals surface area (Å²) in [6.45, 7) is 1.84. The number of carboxylic acids is 1. The number of rotatable bonds is 1. The minimum Gasteiger partial charge on any atom is -0.478 e. The highest BCUT2D eigenvalue weighted by Gasteiger charge is 2.13. The maximum atomic E-state index is 10.8. The van der Waals surface area contributed by atoms with Gasteiger partial charge in [0.05, 0.1) is 21.8 Å². The van der Waals surface area contributed by atoms with Crippen molar-refractivity contribution in [2.45, 2.75) is 6.92 Å². The van der Waals surface area contributed by atoms with Gasteiger partial charge in [-0.15, -0.1) is 0 Å². The molecule has 0 unspecified atom stereocenters. The standard InChI is InChI=1S/C10H9ClN2O2/c1-5-9-7(11)3-6(10(14)15)4-8(9)13(2)12-5/h3-4H,1-2H3,(H,14,15). The molecule has 0 spiro atoms. The molecule has 1 aromatic carbocycles. The van der Waals surface area contributed by atoms with Gasteiger partial charge in [-0.25, -0.2) is 4.79 Å². The van der Waals surface area contributed by atoms with Crippen LogP contribution in [0, 0.1) is 6.92 Å². The predicted octanol–water partition coefficient (Wildman–Crippen LogP) is 2.23. The fraction of sp³-hybridized carbons (Fsp3) is 0.200. The normalized spacial score (nSPS) is 10.9. The summed E-state index contributed by atoms with van der Waals surface area (Å²) in [5.74, 6) is -0.988. The third kappa shape index (κ3) is 1.47. The molecule has 0 bridgehead atoms. The summed E-state index contributed by atoms with van der Waals surface area (Å²) in [4.78, 5) is 10.8. The van der Waals surface area contributed by atoms with E-state index in [1.165, 1.54) is 6.07 Å².